The Labute approximate surface area is 169 Å². The maximum absolute atomic E-state index is 10.4. The normalized spacial score (nSPS) is 12.2. The lowest BCUT2D eigenvalue weighted by molar-refractivity contribution is 0.261. The van der Waals surface area contributed by atoms with Crippen molar-refractivity contribution in [2.24, 2.45) is 0 Å². The van der Waals surface area contributed by atoms with E-state index in [1.54, 1.807) is 0 Å². The number of hydrogen-bond acceptors (Lipinski definition) is 3. The van der Waals surface area contributed by atoms with Gasteiger partial charge in [-0.3, -0.25) is 4.55 Å². The van der Waals surface area contributed by atoms with Crippen molar-refractivity contribution in [3.8, 4) is 0 Å². The third-order valence-corrected chi connectivity index (χ3v) is 5.35. The van der Waals surface area contributed by atoms with Crippen LogP contribution in [0.4, 0.5) is 0 Å². The van der Waals surface area contributed by atoms with Crippen LogP contribution in [0.15, 0.2) is 12.2 Å². The maximum atomic E-state index is 10.4. The van der Waals surface area contributed by atoms with Crippen molar-refractivity contribution >= 4 is 10.4 Å². The average Bonchev–Trinajstić information content (AvgIpc) is 2.62. The predicted molar refractivity (Wildman–Crippen MR) is 115 cm³/mol. The minimum absolute atomic E-state index is 0.0874. The molecular formula is C22H44O4S. The summed E-state index contributed by atoms with van der Waals surface area (Å²) >= 11 is 0. The van der Waals surface area contributed by atoms with Gasteiger partial charge in [-0.05, 0) is 32.1 Å². The van der Waals surface area contributed by atoms with Crippen LogP contribution in [0.3, 0.4) is 0 Å². The van der Waals surface area contributed by atoms with Crippen molar-refractivity contribution in [2.75, 3.05) is 6.61 Å². The molecule has 0 fully saturated rings. The number of allylic oxidation sites excluding steroid dienone is 2. The van der Waals surface area contributed by atoms with E-state index >= 15 is 0 Å². The molecule has 0 unspecified atom stereocenters. The number of hydrogen-bond donors (Lipinski definition) is 1. The summed E-state index contributed by atoms with van der Waals surface area (Å²) in [6.45, 7) is 2.36. The van der Waals surface area contributed by atoms with E-state index in [4.69, 9.17) is 4.55 Å². The molecule has 0 aromatic heterocycles. The van der Waals surface area contributed by atoms with Crippen LogP contribution in [0.25, 0.3) is 0 Å². The molecular weight excluding hydrogens is 360 g/mol. The monoisotopic (exact) mass is 404 g/mol. The van der Waals surface area contributed by atoms with Crippen molar-refractivity contribution in [2.45, 2.75) is 122 Å². The van der Waals surface area contributed by atoms with Gasteiger partial charge >= 0.3 is 10.4 Å². The quantitative estimate of drug-likeness (QED) is 0.123. The Kier molecular flexibility index (Phi) is 20.1. The minimum Gasteiger partial charge on any atom is -0.264 e. The SMILES string of the molecule is CCCCCCCCCCC=CCCCCCCCCCCOS(=O)(=O)O. The molecule has 162 valence electrons. The van der Waals surface area contributed by atoms with E-state index in [0.29, 0.717) is 6.42 Å². The highest BCUT2D eigenvalue weighted by Gasteiger charge is 2.02. The van der Waals surface area contributed by atoms with Crippen molar-refractivity contribution in [1.82, 2.24) is 0 Å². The summed E-state index contributed by atoms with van der Waals surface area (Å²) in [5, 5.41) is 0. The first-order chi connectivity index (χ1) is 13.1. The largest absolute Gasteiger partial charge is 0.397 e. The van der Waals surface area contributed by atoms with E-state index in [2.05, 4.69) is 23.3 Å². The Balaban J connectivity index is 3.12. The molecule has 0 spiro atoms. The summed E-state index contributed by atoms with van der Waals surface area (Å²) in [6, 6.07) is 0. The van der Waals surface area contributed by atoms with Crippen LogP contribution in [0.5, 0.6) is 0 Å². The van der Waals surface area contributed by atoms with Crippen LogP contribution >= 0.6 is 0 Å². The van der Waals surface area contributed by atoms with Crippen LogP contribution in [-0.4, -0.2) is 19.6 Å². The van der Waals surface area contributed by atoms with Gasteiger partial charge in [0.2, 0.25) is 0 Å². The summed E-state index contributed by atoms with van der Waals surface area (Å²) in [4.78, 5) is 0. The van der Waals surface area contributed by atoms with Gasteiger partial charge in [0.15, 0.2) is 0 Å². The molecule has 0 atom stereocenters. The molecule has 0 saturated heterocycles. The lowest BCUT2D eigenvalue weighted by atomic mass is 10.1. The van der Waals surface area contributed by atoms with Gasteiger partial charge in [0, 0.05) is 0 Å². The van der Waals surface area contributed by atoms with Gasteiger partial charge in [-0.2, -0.15) is 8.42 Å². The highest BCUT2D eigenvalue weighted by molar-refractivity contribution is 7.80. The Morgan fingerprint density at radius 3 is 1.41 bits per heavy atom. The predicted octanol–water partition coefficient (Wildman–Crippen LogP) is 7.40. The van der Waals surface area contributed by atoms with Crippen LogP contribution in [0.1, 0.15) is 122 Å². The van der Waals surface area contributed by atoms with Gasteiger partial charge in [-0.25, -0.2) is 4.18 Å². The molecule has 0 aromatic rings. The van der Waals surface area contributed by atoms with Gasteiger partial charge in [0.25, 0.3) is 0 Å². The molecule has 0 amide bonds. The maximum Gasteiger partial charge on any atom is 0.397 e. The van der Waals surface area contributed by atoms with E-state index in [0.717, 1.165) is 12.8 Å². The second kappa shape index (κ2) is 20.3. The first-order valence-electron chi connectivity index (χ1n) is 11.3. The van der Waals surface area contributed by atoms with E-state index in [9.17, 15) is 8.42 Å². The smallest absolute Gasteiger partial charge is 0.264 e. The number of unbranched alkanes of at least 4 members (excludes halogenated alkanes) is 16. The molecule has 0 radical (unpaired) electrons. The zero-order chi connectivity index (χ0) is 20.1. The summed E-state index contributed by atoms with van der Waals surface area (Å²) < 4.78 is 33.4. The molecule has 0 saturated carbocycles. The van der Waals surface area contributed by atoms with Crippen molar-refractivity contribution in [3.63, 3.8) is 0 Å². The van der Waals surface area contributed by atoms with Crippen LogP contribution in [0.2, 0.25) is 0 Å². The average molecular weight is 405 g/mol. The van der Waals surface area contributed by atoms with E-state index in [1.807, 2.05) is 0 Å². The van der Waals surface area contributed by atoms with Gasteiger partial charge in [-0.1, -0.05) is 103 Å². The highest BCUT2D eigenvalue weighted by atomic mass is 32.3. The highest BCUT2D eigenvalue weighted by Crippen LogP contribution is 2.12. The Morgan fingerprint density at radius 1 is 0.630 bits per heavy atom. The zero-order valence-corrected chi connectivity index (χ0v) is 18.5. The number of rotatable bonds is 21. The lowest BCUT2D eigenvalue weighted by Crippen LogP contribution is -2.04. The molecule has 0 aliphatic rings. The second-order valence-electron chi connectivity index (χ2n) is 7.60. The fourth-order valence-corrected chi connectivity index (χ4v) is 3.55. The molecule has 0 aliphatic heterocycles. The van der Waals surface area contributed by atoms with Gasteiger partial charge < -0.3 is 0 Å². The van der Waals surface area contributed by atoms with Crippen molar-refractivity contribution < 1.29 is 17.2 Å². The van der Waals surface area contributed by atoms with E-state index < -0.39 is 10.4 Å². The fourth-order valence-electron chi connectivity index (χ4n) is 3.22. The lowest BCUT2D eigenvalue weighted by Gasteiger charge is -2.02. The van der Waals surface area contributed by atoms with Gasteiger partial charge in [0.05, 0.1) is 6.61 Å². The molecule has 0 bridgehead atoms. The molecule has 0 aliphatic carbocycles. The van der Waals surface area contributed by atoms with Gasteiger partial charge in [0.1, 0.15) is 0 Å². The first kappa shape index (κ1) is 26.6. The Morgan fingerprint density at radius 2 is 1.00 bits per heavy atom. The van der Waals surface area contributed by atoms with Crippen LogP contribution in [0, 0.1) is 0 Å². The minimum atomic E-state index is -4.25. The van der Waals surface area contributed by atoms with Crippen molar-refractivity contribution in [3.05, 3.63) is 12.2 Å². The van der Waals surface area contributed by atoms with Crippen molar-refractivity contribution in [1.29, 1.82) is 0 Å². The Hall–Kier alpha value is -0.390. The summed E-state index contributed by atoms with van der Waals surface area (Å²) in [5.41, 5.74) is 0. The summed E-state index contributed by atoms with van der Waals surface area (Å²) in [5.74, 6) is 0. The third-order valence-electron chi connectivity index (χ3n) is 4.89. The van der Waals surface area contributed by atoms with E-state index in [1.165, 1.54) is 96.3 Å². The molecule has 0 aromatic carbocycles. The van der Waals surface area contributed by atoms with Gasteiger partial charge in [-0.15, -0.1) is 0 Å². The molecule has 0 heterocycles. The molecule has 0 rings (SSSR count). The standard InChI is InChI=1S/C22H44O4S/c1-2-3-4-5-6-7-8-9-10-11-12-13-14-15-16-17-18-19-20-21-22-26-27(23,24)25/h11-12H,2-10,13-22H2,1H3,(H,23,24,25). The topological polar surface area (TPSA) is 63.6 Å². The zero-order valence-electron chi connectivity index (χ0n) is 17.7. The van der Waals surface area contributed by atoms with E-state index in [-0.39, 0.29) is 6.61 Å². The van der Waals surface area contributed by atoms with Crippen LogP contribution < -0.4 is 0 Å². The molecule has 1 N–H and O–H groups in total. The van der Waals surface area contributed by atoms with Crippen LogP contribution in [-0.2, 0) is 14.6 Å². The molecule has 4 nitrogen and oxygen atoms in total. The summed E-state index contributed by atoms with van der Waals surface area (Å²) in [7, 11) is -4.25. The molecule has 5 heteroatoms. The summed E-state index contributed by atoms with van der Waals surface area (Å²) in [6.07, 6.45) is 27.4. The second-order valence-corrected chi connectivity index (χ2v) is 8.69. The fraction of sp³-hybridized carbons (Fsp3) is 0.909. The Bertz CT molecular complexity index is 418. The first-order valence-corrected chi connectivity index (χ1v) is 12.7. The third kappa shape index (κ3) is 25.6. The molecule has 27 heavy (non-hydrogen) atoms.